The first kappa shape index (κ1) is 21.6. The number of methoxy groups -OCH3 is 1. The molecule has 1 fully saturated rings. The molecule has 4 rings (SSSR count). The summed E-state index contributed by atoms with van der Waals surface area (Å²) in [7, 11) is 1.34. The van der Waals surface area contributed by atoms with Crippen molar-refractivity contribution in [2.24, 2.45) is 0 Å². The number of pyridine rings is 2. The van der Waals surface area contributed by atoms with Gasteiger partial charge in [0.2, 0.25) is 11.8 Å². The van der Waals surface area contributed by atoms with E-state index in [0.717, 1.165) is 24.6 Å². The second kappa shape index (κ2) is 9.14. The molecule has 0 aliphatic heterocycles. The Hall–Kier alpha value is -3.11. The van der Waals surface area contributed by atoms with Crippen LogP contribution in [-0.2, 0) is 0 Å². The summed E-state index contributed by atoms with van der Waals surface area (Å²) >= 11 is 0. The average Bonchev–Trinajstić information content (AvgIpc) is 2.68. The molecule has 9 nitrogen and oxygen atoms in total. The lowest BCUT2D eigenvalue weighted by Gasteiger charge is -2.29. The normalized spacial score (nSPS) is 13.5. The van der Waals surface area contributed by atoms with Crippen LogP contribution in [0.1, 0.15) is 31.0 Å². The minimum atomic E-state index is -0.620. The Bertz CT molecular complexity index is 1110. The van der Waals surface area contributed by atoms with Crippen LogP contribution in [0.4, 0.5) is 10.3 Å². The van der Waals surface area contributed by atoms with E-state index in [9.17, 15) is 9.18 Å². The Balaban J connectivity index is 0.000000589. The van der Waals surface area contributed by atoms with E-state index in [-0.39, 0.29) is 36.6 Å². The summed E-state index contributed by atoms with van der Waals surface area (Å²) in [6.45, 7) is 1.56. The Labute approximate surface area is 172 Å². The van der Waals surface area contributed by atoms with Crippen molar-refractivity contribution >= 4 is 17.0 Å². The quantitative estimate of drug-likeness (QED) is 0.582. The molecule has 0 aromatic carbocycles. The van der Waals surface area contributed by atoms with Crippen LogP contribution in [0.3, 0.4) is 0 Å². The standard InChI is InChI=1S/C18H18FN5O2.C2H6O2/c1-9-12-7-13(10-6-14(19)16(26-2)21-8-10)17(25)24(11-4-3-5-11)15(12)23-18(20)22-9;3-1-2-4/h6-8,11H,3-5H2,1-2H3,(H2,20,22,23);3-4H,1-2H2. The Morgan fingerprint density at radius 3 is 2.50 bits per heavy atom. The van der Waals surface area contributed by atoms with Gasteiger partial charge in [0.1, 0.15) is 5.65 Å². The summed E-state index contributed by atoms with van der Waals surface area (Å²) in [5.74, 6) is -0.599. The maximum Gasteiger partial charge on any atom is 0.260 e. The fraction of sp³-hybridized carbons (Fsp3) is 0.400. The first-order valence-electron chi connectivity index (χ1n) is 9.52. The van der Waals surface area contributed by atoms with Crippen molar-refractivity contribution in [1.82, 2.24) is 19.5 Å². The molecule has 3 heterocycles. The van der Waals surface area contributed by atoms with Crippen molar-refractivity contribution < 1.29 is 19.3 Å². The highest BCUT2D eigenvalue weighted by molar-refractivity contribution is 5.84. The van der Waals surface area contributed by atoms with E-state index in [1.165, 1.54) is 19.4 Å². The van der Waals surface area contributed by atoms with Gasteiger partial charge in [0.05, 0.1) is 26.0 Å². The van der Waals surface area contributed by atoms with Crippen LogP contribution in [0.25, 0.3) is 22.2 Å². The number of anilines is 1. The molecular weight excluding hydrogens is 393 g/mol. The van der Waals surface area contributed by atoms with Crippen LogP contribution in [-0.4, -0.2) is 50.1 Å². The van der Waals surface area contributed by atoms with Gasteiger partial charge in [0.25, 0.3) is 5.56 Å². The summed E-state index contributed by atoms with van der Waals surface area (Å²) in [5, 5.41) is 16.0. The van der Waals surface area contributed by atoms with Gasteiger partial charge >= 0.3 is 0 Å². The lowest BCUT2D eigenvalue weighted by Crippen LogP contribution is -2.31. The summed E-state index contributed by atoms with van der Waals surface area (Å²) in [6, 6.07) is 3.01. The number of ether oxygens (including phenoxy) is 1. The fourth-order valence-corrected chi connectivity index (χ4v) is 3.29. The van der Waals surface area contributed by atoms with Crippen LogP contribution in [0.5, 0.6) is 5.88 Å². The smallest absolute Gasteiger partial charge is 0.260 e. The first-order chi connectivity index (χ1) is 14.4. The molecule has 1 aliphatic carbocycles. The number of aliphatic hydroxyl groups is 2. The number of fused-ring (bicyclic) bond motifs is 1. The van der Waals surface area contributed by atoms with Gasteiger partial charge < -0.3 is 20.7 Å². The molecule has 0 unspecified atom stereocenters. The molecule has 4 N–H and O–H groups in total. The number of halogens is 1. The minimum Gasteiger partial charge on any atom is -0.479 e. The molecular formula is C20H24FN5O4. The van der Waals surface area contributed by atoms with E-state index >= 15 is 0 Å². The minimum absolute atomic E-state index is 0.0645. The number of aryl methyl sites for hydroxylation is 1. The van der Waals surface area contributed by atoms with Crippen molar-refractivity contribution in [1.29, 1.82) is 0 Å². The topological polar surface area (TPSA) is 136 Å². The number of aromatic nitrogens is 4. The SMILES string of the molecule is COc1ncc(-c2cc3c(C)nc(N)nc3n(C3CCC3)c2=O)cc1F.OCCO. The van der Waals surface area contributed by atoms with E-state index in [2.05, 4.69) is 15.0 Å². The molecule has 0 amide bonds. The zero-order valence-electron chi connectivity index (χ0n) is 16.8. The van der Waals surface area contributed by atoms with Crippen molar-refractivity contribution in [2.75, 3.05) is 26.1 Å². The molecule has 0 atom stereocenters. The number of rotatable bonds is 4. The molecule has 1 saturated carbocycles. The van der Waals surface area contributed by atoms with Gasteiger partial charge in [-0.05, 0) is 38.3 Å². The molecule has 10 heteroatoms. The van der Waals surface area contributed by atoms with Crippen molar-refractivity contribution in [2.45, 2.75) is 32.2 Å². The van der Waals surface area contributed by atoms with Gasteiger partial charge in [0.15, 0.2) is 5.82 Å². The number of nitrogens with zero attached hydrogens (tertiary/aromatic N) is 4. The van der Waals surface area contributed by atoms with Gasteiger partial charge in [-0.25, -0.2) is 14.4 Å². The maximum absolute atomic E-state index is 14.1. The second-order valence-electron chi connectivity index (χ2n) is 6.88. The van der Waals surface area contributed by atoms with E-state index in [1.807, 2.05) is 6.92 Å². The van der Waals surface area contributed by atoms with Crippen molar-refractivity contribution in [3.05, 3.63) is 40.2 Å². The van der Waals surface area contributed by atoms with Crippen LogP contribution >= 0.6 is 0 Å². The number of nitrogen functional groups attached to an aromatic ring is 1. The Morgan fingerprint density at radius 2 is 1.97 bits per heavy atom. The van der Waals surface area contributed by atoms with Crippen LogP contribution in [0.15, 0.2) is 23.1 Å². The summed E-state index contributed by atoms with van der Waals surface area (Å²) < 4.78 is 20.6. The van der Waals surface area contributed by atoms with Gasteiger partial charge in [0, 0.05) is 28.8 Å². The van der Waals surface area contributed by atoms with Crippen LogP contribution in [0.2, 0.25) is 0 Å². The summed E-state index contributed by atoms with van der Waals surface area (Å²) in [5.41, 5.74) is 7.50. The van der Waals surface area contributed by atoms with Gasteiger partial charge in [-0.15, -0.1) is 0 Å². The molecule has 0 radical (unpaired) electrons. The summed E-state index contributed by atoms with van der Waals surface area (Å²) in [4.78, 5) is 25.6. The molecule has 160 valence electrons. The highest BCUT2D eigenvalue weighted by Gasteiger charge is 2.26. The number of hydrogen-bond donors (Lipinski definition) is 3. The van der Waals surface area contributed by atoms with Crippen LogP contribution < -0.4 is 16.0 Å². The third kappa shape index (κ3) is 4.10. The van der Waals surface area contributed by atoms with Crippen molar-refractivity contribution in [3.63, 3.8) is 0 Å². The van der Waals surface area contributed by atoms with Gasteiger partial charge in [-0.3, -0.25) is 9.36 Å². The van der Waals surface area contributed by atoms with E-state index < -0.39 is 5.82 Å². The molecule has 0 spiro atoms. The largest absolute Gasteiger partial charge is 0.479 e. The predicted molar refractivity (Wildman–Crippen MR) is 110 cm³/mol. The Morgan fingerprint density at radius 1 is 1.27 bits per heavy atom. The zero-order chi connectivity index (χ0) is 21.8. The van der Waals surface area contributed by atoms with E-state index in [1.54, 1.807) is 10.6 Å². The molecule has 30 heavy (non-hydrogen) atoms. The first-order valence-corrected chi connectivity index (χ1v) is 9.52. The lowest BCUT2D eigenvalue weighted by atomic mass is 9.92. The summed E-state index contributed by atoms with van der Waals surface area (Å²) in [6.07, 6.45) is 4.29. The maximum atomic E-state index is 14.1. The zero-order valence-corrected chi connectivity index (χ0v) is 16.8. The van der Waals surface area contributed by atoms with Crippen molar-refractivity contribution in [3.8, 4) is 17.0 Å². The van der Waals surface area contributed by atoms with Crippen LogP contribution in [0, 0.1) is 12.7 Å². The van der Waals surface area contributed by atoms with E-state index in [0.29, 0.717) is 22.5 Å². The highest BCUT2D eigenvalue weighted by atomic mass is 19.1. The molecule has 3 aromatic rings. The fourth-order valence-electron chi connectivity index (χ4n) is 3.29. The lowest BCUT2D eigenvalue weighted by molar-refractivity contribution is 0.186. The number of aliphatic hydroxyl groups excluding tert-OH is 2. The number of nitrogens with two attached hydrogens (primary N) is 1. The third-order valence-electron chi connectivity index (χ3n) is 4.95. The highest BCUT2D eigenvalue weighted by Crippen LogP contribution is 2.34. The average molecular weight is 417 g/mol. The molecule has 3 aromatic heterocycles. The molecule has 0 bridgehead atoms. The van der Waals surface area contributed by atoms with E-state index in [4.69, 9.17) is 20.7 Å². The third-order valence-corrected chi connectivity index (χ3v) is 4.95. The monoisotopic (exact) mass is 417 g/mol. The second-order valence-corrected chi connectivity index (χ2v) is 6.88. The molecule has 0 saturated heterocycles. The van der Waals surface area contributed by atoms with Gasteiger partial charge in [-0.2, -0.15) is 4.98 Å². The number of hydrogen-bond acceptors (Lipinski definition) is 8. The Kier molecular flexibility index (Phi) is 6.58. The van der Waals surface area contributed by atoms with Gasteiger partial charge in [-0.1, -0.05) is 0 Å². The predicted octanol–water partition coefficient (Wildman–Crippen LogP) is 1.59. The molecule has 1 aliphatic rings.